The van der Waals surface area contributed by atoms with E-state index in [4.69, 9.17) is 0 Å². The van der Waals surface area contributed by atoms with Crippen molar-refractivity contribution in [3.63, 3.8) is 0 Å². The van der Waals surface area contributed by atoms with Crippen molar-refractivity contribution in [2.24, 2.45) is 0 Å². The molecule has 2 unspecified atom stereocenters. The Balaban J connectivity index is 4.22. The van der Waals surface area contributed by atoms with Crippen molar-refractivity contribution in [2.45, 2.75) is 51.8 Å². The summed E-state index contributed by atoms with van der Waals surface area (Å²) in [6.07, 6.45) is 1.73. The standard InChI is InChI=1S/C10H23NO2S/c1-5-7-11-9(3)10(4)14(12,13)8-6-2/h9-11H,5-8H2,1-4H3. The molecule has 0 saturated heterocycles. The van der Waals surface area contributed by atoms with E-state index in [0.717, 1.165) is 13.0 Å². The molecule has 0 aliphatic rings. The molecule has 0 spiro atoms. The van der Waals surface area contributed by atoms with Crippen LogP contribution in [-0.2, 0) is 9.84 Å². The number of sulfone groups is 1. The molecule has 0 aliphatic carbocycles. The molecular formula is C10H23NO2S. The van der Waals surface area contributed by atoms with Gasteiger partial charge >= 0.3 is 0 Å². The highest BCUT2D eigenvalue weighted by molar-refractivity contribution is 7.92. The van der Waals surface area contributed by atoms with E-state index in [0.29, 0.717) is 12.2 Å². The summed E-state index contributed by atoms with van der Waals surface area (Å²) < 4.78 is 23.4. The summed E-state index contributed by atoms with van der Waals surface area (Å²) in [5, 5.41) is 2.93. The zero-order valence-corrected chi connectivity index (χ0v) is 10.5. The van der Waals surface area contributed by atoms with Gasteiger partial charge in [0.15, 0.2) is 9.84 Å². The number of nitrogens with one attached hydrogen (secondary N) is 1. The molecule has 0 radical (unpaired) electrons. The van der Waals surface area contributed by atoms with Gasteiger partial charge in [-0.3, -0.25) is 0 Å². The summed E-state index contributed by atoms with van der Waals surface area (Å²) in [6, 6.07) is 0.0477. The molecule has 0 amide bonds. The predicted molar refractivity (Wildman–Crippen MR) is 61.3 cm³/mol. The lowest BCUT2D eigenvalue weighted by Gasteiger charge is -2.21. The lowest BCUT2D eigenvalue weighted by Crippen LogP contribution is -2.41. The van der Waals surface area contributed by atoms with Crippen LogP contribution in [0.4, 0.5) is 0 Å². The summed E-state index contributed by atoms with van der Waals surface area (Å²) in [5.41, 5.74) is 0. The van der Waals surface area contributed by atoms with Gasteiger partial charge in [-0.05, 0) is 33.2 Å². The quantitative estimate of drug-likeness (QED) is 0.710. The number of hydrogen-bond acceptors (Lipinski definition) is 3. The zero-order chi connectivity index (χ0) is 11.2. The predicted octanol–water partition coefficient (Wildman–Crippen LogP) is 1.59. The first-order chi connectivity index (χ1) is 6.45. The fourth-order valence-corrected chi connectivity index (χ4v) is 2.98. The molecule has 1 N–H and O–H groups in total. The average molecular weight is 221 g/mol. The van der Waals surface area contributed by atoms with Crippen molar-refractivity contribution < 1.29 is 8.42 Å². The normalized spacial score (nSPS) is 16.6. The second-order valence-corrected chi connectivity index (χ2v) is 6.29. The van der Waals surface area contributed by atoms with E-state index in [-0.39, 0.29) is 11.3 Å². The maximum absolute atomic E-state index is 11.7. The Morgan fingerprint density at radius 3 is 2.14 bits per heavy atom. The Kier molecular flexibility index (Phi) is 6.36. The number of rotatable bonds is 7. The van der Waals surface area contributed by atoms with Crippen LogP contribution in [0.2, 0.25) is 0 Å². The molecule has 4 heteroatoms. The fraction of sp³-hybridized carbons (Fsp3) is 1.00. The molecule has 0 aromatic heterocycles. The van der Waals surface area contributed by atoms with Crippen LogP contribution in [0.15, 0.2) is 0 Å². The van der Waals surface area contributed by atoms with Crippen molar-refractivity contribution in [3.8, 4) is 0 Å². The molecule has 0 aromatic carbocycles. The van der Waals surface area contributed by atoms with Crippen LogP contribution in [0.25, 0.3) is 0 Å². The Labute approximate surface area is 88.2 Å². The van der Waals surface area contributed by atoms with Crippen LogP contribution < -0.4 is 5.32 Å². The summed E-state index contributed by atoms with van der Waals surface area (Å²) in [5.74, 6) is 0.298. The summed E-state index contributed by atoms with van der Waals surface area (Å²) >= 11 is 0. The minimum atomic E-state index is -2.90. The zero-order valence-electron chi connectivity index (χ0n) is 9.71. The van der Waals surface area contributed by atoms with Crippen LogP contribution >= 0.6 is 0 Å². The third kappa shape index (κ3) is 4.42. The highest BCUT2D eigenvalue weighted by Gasteiger charge is 2.24. The first-order valence-electron chi connectivity index (χ1n) is 5.40. The third-order valence-electron chi connectivity index (χ3n) is 2.48. The van der Waals surface area contributed by atoms with Crippen LogP contribution in [0.1, 0.15) is 40.5 Å². The molecule has 0 saturated carbocycles. The summed E-state index contributed by atoms with van der Waals surface area (Å²) in [7, 11) is -2.90. The second-order valence-electron chi connectivity index (χ2n) is 3.81. The minimum Gasteiger partial charge on any atom is -0.313 e. The van der Waals surface area contributed by atoms with Crippen LogP contribution in [-0.4, -0.2) is 32.0 Å². The van der Waals surface area contributed by atoms with Crippen LogP contribution in [0.5, 0.6) is 0 Å². The number of hydrogen-bond donors (Lipinski definition) is 1. The van der Waals surface area contributed by atoms with Gasteiger partial charge in [-0.25, -0.2) is 8.42 Å². The van der Waals surface area contributed by atoms with Gasteiger partial charge in [-0.15, -0.1) is 0 Å². The molecule has 0 rings (SSSR count). The molecular weight excluding hydrogens is 198 g/mol. The maximum atomic E-state index is 11.7. The monoisotopic (exact) mass is 221 g/mol. The van der Waals surface area contributed by atoms with Crippen molar-refractivity contribution in [3.05, 3.63) is 0 Å². The largest absolute Gasteiger partial charge is 0.313 e. The Bertz CT molecular complexity index is 237. The molecule has 3 nitrogen and oxygen atoms in total. The first kappa shape index (κ1) is 13.9. The molecule has 0 aliphatic heterocycles. The van der Waals surface area contributed by atoms with Crippen molar-refractivity contribution in [1.82, 2.24) is 5.32 Å². The third-order valence-corrected chi connectivity index (χ3v) is 4.99. The highest BCUT2D eigenvalue weighted by atomic mass is 32.2. The van der Waals surface area contributed by atoms with Gasteiger partial charge in [0, 0.05) is 6.04 Å². The Morgan fingerprint density at radius 2 is 1.71 bits per heavy atom. The Morgan fingerprint density at radius 1 is 1.14 bits per heavy atom. The van der Waals surface area contributed by atoms with E-state index in [1.807, 2.05) is 13.8 Å². The van der Waals surface area contributed by atoms with E-state index in [1.54, 1.807) is 6.92 Å². The first-order valence-corrected chi connectivity index (χ1v) is 7.12. The van der Waals surface area contributed by atoms with Gasteiger partial charge in [0.1, 0.15) is 0 Å². The molecule has 2 atom stereocenters. The molecule has 86 valence electrons. The van der Waals surface area contributed by atoms with Crippen molar-refractivity contribution in [2.75, 3.05) is 12.3 Å². The summed E-state index contributed by atoms with van der Waals surface area (Å²) in [6.45, 7) is 8.58. The van der Waals surface area contributed by atoms with Gasteiger partial charge in [-0.1, -0.05) is 13.8 Å². The van der Waals surface area contributed by atoms with Crippen LogP contribution in [0, 0.1) is 0 Å². The van der Waals surface area contributed by atoms with Gasteiger partial charge in [0.25, 0.3) is 0 Å². The van der Waals surface area contributed by atoms with Crippen molar-refractivity contribution >= 4 is 9.84 Å². The Hall–Kier alpha value is -0.0900. The van der Waals surface area contributed by atoms with E-state index in [2.05, 4.69) is 12.2 Å². The van der Waals surface area contributed by atoms with E-state index in [9.17, 15) is 8.42 Å². The molecule has 14 heavy (non-hydrogen) atoms. The smallest absolute Gasteiger partial charge is 0.154 e. The fourth-order valence-electron chi connectivity index (χ4n) is 1.32. The summed E-state index contributed by atoms with van der Waals surface area (Å²) in [4.78, 5) is 0. The molecule has 0 bridgehead atoms. The average Bonchev–Trinajstić information content (AvgIpc) is 2.12. The van der Waals surface area contributed by atoms with Gasteiger partial charge in [0.05, 0.1) is 11.0 Å². The maximum Gasteiger partial charge on any atom is 0.154 e. The second kappa shape index (κ2) is 6.40. The van der Waals surface area contributed by atoms with Crippen LogP contribution in [0.3, 0.4) is 0 Å². The lowest BCUT2D eigenvalue weighted by molar-refractivity contribution is 0.509. The van der Waals surface area contributed by atoms with Gasteiger partial charge < -0.3 is 5.32 Å². The van der Waals surface area contributed by atoms with Gasteiger partial charge in [-0.2, -0.15) is 0 Å². The lowest BCUT2D eigenvalue weighted by atomic mass is 10.2. The van der Waals surface area contributed by atoms with E-state index in [1.165, 1.54) is 0 Å². The van der Waals surface area contributed by atoms with E-state index >= 15 is 0 Å². The topological polar surface area (TPSA) is 46.2 Å². The van der Waals surface area contributed by atoms with Crippen molar-refractivity contribution in [1.29, 1.82) is 0 Å². The highest BCUT2D eigenvalue weighted by Crippen LogP contribution is 2.08. The molecule has 0 aromatic rings. The molecule has 0 fully saturated rings. The van der Waals surface area contributed by atoms with E-state index < -0.39 is 9.84 Å². The van der Waals surface area contributed by atoms with Gasteiger partial charge in [0.2, 0.25) is 0 Å². The minimum absolute atomic E-state index is 0.0477. The SMILES string of the molecule is CCCNC(C)C(C)S(=O)(=O)CCC. The molecule has 0 heterocycles.